The second kappa shape index (κ2) is 9.62. The van der Waals surface area contributed by atoms with Crippen molar-refractivity contribution in [2.24, 2.45) is 17.8 Å². The van der Waals surface area contributed by atoms with Crippen LogP contribution in [0.25, 0.3) is 0 Å². The van der Waals surface area contributed by atoms with Crippen LogP contribution in [-0.4, -0.2) is 50.0 Å². The molecule has 0 bridgehead atoms. The number of hydrogen-bond acceptors (Lipinski definition) is 5. The normalized spacial score (nSPS) is 26.1. The maximum absolute atomic E-state index is 13.7. The molecule has 1 saturated carbocycles. The van der Waals surface area contributed by atoms with Gasteiger partial charge in [-0.2, -0.15) is 0 Å². The summed E-state index contributed by atoms with van der Waals surface area (Å²) in [5.41, 5.74) is 1.12. The van der Waals surface area contributed by atoms with Crippen LogP contribution in [0.4, 0.5) is 4.79 Å². The zero-order valence-electron chi connectivity index (χ0n) is 23.1. The summed E-state index contributed by atoms with van der Waals surface area (Å²) in [5, 5.41) is 10.4. The lowest BCUT2D eigenvalue weighted by molar-refractivity contribution is -0.180. The van der Waals surface area contributed by atoms with Crippen molar-refractivity contribution >= 4 is 12.1 Å². The smallest absolute Gasteiger partial charge is 0.408 e. The molecule has 1 N–H and O–H groups in total. The molecule has 0 unspecified atom stereocenters. The topological polar surface area (TPSA) is 89.0 Å². The first-order chi connectivity index (χ1) is 16.7. The number of cyclic esters (lactones) is 1. The molecular weight excluding hydrogens is 456 g/mol. The third kappa shape index (κ3) is 5.56. The number of aromatic nitrogens is 1. The summed E-state index contributed by atoms with van der Waals surface area (Å²) in [6.45, 7) is 13.1. The Kier molecular flexibility index (Phi) is 7.19. The van der Waals surface area contributed by atoms with Crippen LogP contribution in [0.3, 0.4) is 0 Å². The van der Waals surface area contributed by atoms with Crippen molar-refractivity contribution in [1.82, 2.24) is 9.88 Å². The number of rotatable bonds is 9. The SMILES string of the molecule is CC(C)C[C@H](N(C(=O)O)C(C)(C)C)[C@@]1(Cc2nccc3c2C[C@@H](CCC2CC2)C3)OC(C)(C)OC1=O. The molecule has 3 atom stereocenters. The van der Waals surface area contributed by atoms with E-state index in [4.69, 9.17) is 14.5 Å². The standard InChI is InChI=1S/C29H44N2O5/c1-18(2)14-24(31(26(33)34)27(3,4)5)29(25(32)35-28(6,7)36-29)17-23-22-16-20(11-10-19-8-9-19)15-21(22)12-13-30-23/h12-13,18-20,24H,8-11,14-17H2,1-7H3,(H,33,34)/t20-,24-,29+/m0/s1. The van der Waals surface area contributed by atoms with Gasteiger partial charge < -0.3 is 14.6 Å². The van der Waals surface area contributed by atoms with Crippen LogP contribution >= 0.6 is 0 Å². The molecule has 4 rings (SSSR count). The number of esters is 1. The summed E-state index contributed by atoms with van der Waals surface area (Å²) in [7, 11) is 0. The average Bonchev–Trinajstić information content (AvgIpc) is 3.40. The maximum Gasteiger partial charge on any atom is 0.408 e. The number of fused-ring (bicyclic) bond motifs is 1. The second-order valence-electron chi connectivity index (χ2n) is 13.1. The molecular formula is C29H44N2O5. The highest BCUT2D eigenvalue weighted by Crippen LogP contribution is 2.44. The minimum Gasteiger partial charge on any atom is -0.465 e. The lowest BCUT2D eigenvalue weighted by Gasteiger charge is -2.46. The van der Waals surface area contributed by atoms with E-state index in [2.05, 4.69) is 6.07 Å². The number of amides is 1. The van der Waals surface area contributed by atoms with Crippen LogP contribution in [0, 0.1) is 17.8 Å². The first-order valence-electron chi connectivity index (χ1n) is 13.6. The number of carboxylic acid groups (broad SMARTS) is 1. The van der Waals surface area contributed by atoms with Gasteiger partial charge in [-0.05, 0) is 81.4 Å². The molecule has 0 radical (unpaired) electrons. The van der Waals surface area contributed by atoms with Crippen LogP contribution in [0.1, 0.15) is 97.4 Å². The summed E-state index contributed by atoms with van der Waals surface area (Å²) in [4.78, 5) is 32.6. The number of hydrogen-bond donors (Lipinski definition) is 1. The van der Waals surface area contributed by atoms with Gasteiger partial charge in [0.05, 0.1) is 6.04 Å². The first kappa shape index (κ1) is 26.9. The maximum atomic E-state index is 13.7. The Labute approximate surface area is 215 Å². The molecule has 36 heavy (non-hydrogen) atoms. The lowest BCUT2D eigenvalue weighted by Crippen LogP contribution is -2.64. The zero-order chi connectivity index (χ0) is 26.5. The van der Waals surface area contributed by atoms with Crippen LogP contribution in [0.5, 0.6) is 0 Å². The Morgan fingerprint density at radius 2 is 1.86 bits per heavy atom. The van der Waals surface area contributed by atoms with Crippen molar-refractivity contribution in [2.75, 3.05) is 0 Å². The van der Waals surface area contributed by atoms with Gasteiger partial charge in [-0.3, -0.25) is 9.88 Å². The summed E-state index contributed by atoms with van der Waals surface area (Å²) >= 11 is 0. The molecule has 7 heteroatoms. The fourth-order valence-electron chi connectivity index (χ4n) is 6.26. The van der Waals surface area contributed by atoms with Crippen molar-refractivity contribution in [1.29, 1.82) is 0 Å². The molecule has 1 aliphatic heterocycles. The molecule has 3 aliphatic rings. The van der Waals surface area contributed by atoms with Crippen LogP contribution in [0.15, 0.2) is 12.3 Å². The molecule has 2 fully saturated rings. The third-order valence-corrected chi connectivity index (χ3v) is 7.94. The Hall–Kier alpha value is -2.15. The lowest BCUT2D eigenvalue weighted by atomic mass is 9.80. The Morgan fingerprint density at radius 1 is 1.19 bits per heavy atom. The number of nitrogens with zero attached hydrogens (tertiary/aromatic N) is 2. The first-order valence-corrected chi connectivity index (χ1v) is 13.6. The fourth-order valence-corrected chi connectivity index (χ4v) is 6.26. The molecule has 1 aromatic heterocycles. The molecule has 0 spiro atoms. The van der Waals surface area contributed by atoms with E-state index in [1.807, 2.05) is 40.8 Å². The molecule has 7 nitrogen and oxygen atoms in total. The van der Waals surface area contributed by atoms with E-state index in [9.17, 15) is 14.7 Å². The summed E-state index contributed by atoms with van der Waals surface area (Å²) in [6.07, 6.45) is 8.68. The van der Waals surface area contributed by atoms with E-state index < -0.39 is 35.0 Å². The molecule has 2 heterocycles. The van der Waals surface area contributed by atoms with Crippen LogP contribution in [0.2, 0.25) is 0 Å². The summed E-state index contributed by atoms with van der Waals surface area (Å²) in [5.74, 6) is -0.00793. The van der Waals surface area contributed by atoms with Gasteiger partial charge in [0.2, 0.25) is 5.79 Å². The van der Waals surface area contributed by atoms with Crippen molar-refractivity contribution in [2.45, 2.75) is 123 Å². The number of ether oxygens (including phenoxy) is 2. The molecule has 1 amide bonds. The highest BCUT2D eigenvalue weighted by Gasteiger charge is 2.62. The third-order valence-electron chi connectivity index (χ3n) is 7.94. The van der Waals surface area contributed by atoms with Crippen molar-refractivity contribution in [3.8, 4) is 0 Å². The molecule has 0 aromatic carbocycles. The predicted molar refractivity (Wildman–Crippen MR) is 138 cm³/mol. The number of pyridine rings is 1. The summed E-state index contributed by atoms with van der Waals surface area (Å²) < 4.78 is 12.2. The molecule has 1 saturated heterocycles. The quantitative estimate of drug-likeness (QED) is 0.433. The van der Waals surface area contributed by atoms with Gasteiger partial charge >= 0.3 is 12.1 Å². The molecule has 2 aliphatic carbocycles. The van der Waals surface area contributed by atoms with Gasteiger partial charge in [-0.1, -0.05) is 33.1 Å². The van der Waals surface area contributed by atoms with E-state index in [0.29, 0.717) is 12.3 Å². The van der Waals surface area contributed by atoms with E-state index in [1.54, 1.807) is 13.8 Å². The number of carbonyl (C=O) groups is 2. The zero-order valence-corrected chi connectivity index (χ0v) is 23.1. The predicted octanol–water partition coefficient (Wildman–Crippen LogP) is 5.77. The van der Waals surface area contributed by atoms with Crippen molar-refractivity contribution in [3.63, 3.8) is 0 Å². The van der Waals surface area contributed by atoms with Crippen LogP contribution < -0.4 is 0 Å². The van der Waals surface area contributed by atoms with Crippen molar-refractivity contribution in [3.05, 3.63) is 29.1 Å². The van der Waals surface area contributed by atoms with Gasteiger partial charge in [0.1, 0.15) is 0 Å². The van der Waals surface area contributed by atoms with Crippen LogP contribution in [-0.2, 0) is 33.5 Å². The van der Waals surface area contributed by atoms with E-state index in [1.165, 1.54) is 41.7 Å². The van der Waals surface area contributed by atoms with E-state index in [-0.39, 0.29) is 12.3 Å². The minimum atomic E-state index is -1.48. The number of carbonyl (C=O) groups excluding carboxylic acids is 1. The van der Waals surface area contributed by atoms with Gasteiger partial charge in [-0.25, -0.2) is 9.59 Å². The largest absolute Gasteiger partial charge is 0.465 e. The summed E-state index contributed by atoms with van der Waals surface area (Å²) in [6, 6.07) is 1.37. The minimum absolute atomic E-state index is 0.137. The second-order valence-corrected chi connectivity index (χ2v) is 13.1. The monoisotopic (exact) mass is 500 g/mol. The van der Waals surface area contributed by atoms with Gasteiger partial charge in [0, 0.05) is 37.7 Å². The van der Waals surface area contributed by atoms with Gasteiger partial charge in [-0.15, -0.1) is 0 Å². The van der Waals surface area contributed by atoms with Gasteiger partial charge in [0.15, 0.2) is 5.60 Å². The average molecular weight is 501 g/mol. The molecule has 200 valence electrons. The Morgan fingerprint density at radius 3 is 2.39 bits per heavy atom. The highest BCUT2D eigenvalue weighted by molar-refractivity contribution is 5.84. The molecule has 1 aromatic rings. The highest BCUT2D eigenvalue weighted by atomic mass is 16.8. The van der Waals surface area contributed by atoms with Crippen molar-refractivity contribution < 1.29 is 24.2 Å². The van der Waals surface area contributed by atoms with E-state index >= 15 is 0 Å². The van der Waals surface area contributed by atoms with E-state index in [0.717, 1.165) is 24.5 Å². The fraction of sp³-hybridized carbons (Fsp3) is 0.759. The van der Waals surface area contributed by atoms with Gasteiger partial charge in [0.25, 0.3) is 0 Å². The Balaban J connectivity index is 1.74. The Bertz CT molecular complexity index is 994.